The maximum Gasteiger partial charge on any atom is 0.290 e. The topological polar surface area (TPSA) is 52.7 Å². The van der Waals surface area contributed by atoms with Gasteiger partial charge in [0.1, 0.15) is 0 Å². The van der Waals surface area contributed by atoms with Crippen LogP contribution < -0.4 is 5.32 Å². The number of likely N-dealkylation sites (tertiary alicyclic amines) is 2. The summed E-state index contributed by atoms with van der Waals surface area (Å²) >= 11 is 0. The van der Waals surface area contributed by atoms with Gasteiger partial charge in [-0.1, -0.05) is 6.92 Å². The number of nitrogens with zero attached hydrogens (tertiary/aromatic N) is 2. The van der Waals surface area contributed by atoms with Crippen molar-refractivity contribution in [1.82, 2.24) is 15.1 Å². The molecule has 0 aromatic heterocycles. The minimum Gasteiger partial charge on any atom is -0.332 e. The van der Waals surface area contributed by atoms with E-state index in [1.807, 2.05) is 0 Å². The number of Topliss-reactive ketones (excluding diaryl/α,β-unsaturated/α-hetero) is 1. The summed E-state index contributed by atoms with van der Waals surface area (Å²) in [6.07, 6.45) is 4.69. The van der Waals surface area contributed by atoms with Crippen LogP contribution in [0.2, 0.25) is 0 Å². The lowest BCUT2D eigenvalue weighted by Gasteiger charge is -2.32. The van der Waals surface area contributed by atoms with Gasteiger partial charge in [0.15, 0.2) is 0 Å². The normalized spacial score (nSPS) is 25.1. The molecular weight excluding hydrogens is 254 g/mol. The monoisotopic (exact) mass is 281 g/mol. The van der Waals surface area contributed by atoms with Crippen molar-refractivity contribution in [1.29, 1.82) is 0 Å². The largest absolute Gasteiger partial charge is 0.332 e. The molecule has 2 fully saturated rings. The molecule has 0 aromatic carbocycles. The first-order valence-electron chi connectivity index (χ1n) is 7.87. The molecule has 114 valence electrons. The average molecular weight is 281 g/mol. The fraction of sp³-hybridized carbons (Fsp3) is 0.867. The van der Waals surface area contributed by atoms with Gasteiger partial charge in [-0.05, 0) is 45.8 Å². The van der Waals surface area contributed by atoms with Gasteiger partial charge in [-0.2, -0.15) is 0 Å². The lowest BCUT2D eigenvalue weighted by molar-refractivity contribution is -0.145. The predicted molar refractivity (Wildman–Crippen MR) is 78.6 cm³/mol. The van der Waals surface area contributed by atoms with Crippen LogP contribution in [0.4, 0.5) is 0 Å². The zero-order chi connectivity index (χ0) is 14.5. The fourth-order valence-corrected chi connectivity index (χ4v) is 3.14. The van der Waals surface area contributed by atoms with E-state index in [4.69, 9.17) is 0 Å². The van der Waals surface area contributed by atoms with Gasteiger partial charge in [0.2, 0.25) is 5.78 Å². The minimum atomic E-state index is -0.278. The summed E-state index contributed by atoms with van der Waals surface area (Å²) in [5.74, 6) is -0.531. The van der Waals surface area contributed by atoms with Crippen molar-refractivity contribution in [2.75, 3.05) is 33.2 Å². The maximum absolute atomic E-state index is 12.0. The number of piperidine rings is 1. The molecule has 2 heterocycles. The smallest absolute Gasteiger partial charge is 0.290 e. The van der Waals surface area contributed by atoms with Crippen LogP contribution in [-0.2, 0) is 9.59 Å². The van der Waals surface area contributed by atoms with Gasteiger partial charge in [0.05, 0.1) is 0 Å². The highest BCUT2D eigenvalue weighted by Crippen LogP contribution is 2.18. The first-order chi connectivity index (χ1) is 9.61. The van der Waals surface area contributed by atoms with Crippen molar-refractivity contribution in [3.63, 3.8) is 0 Å². The summed E-state index contributed by atoms with van der Waals surface area (Å²) in [6.45, 7) is 5.60. The standard InChI is InChI=1S/C15H27N3O2/c1-3-14(19)15(20)18-8-4-5-13(18)11-16-12-6-9-17(2)10-7-12/h12-13,16H,3-11H2,1-2H3. The Morgan fingerprint density at radius 1 is 1.15 bits per heavy atom. The van der Waals surface area contributed by atoms with Crippen molar-refractivity contribution in [3.8, 4) is 0 Å². The third kappa shape index (κ3) is 3.79. The van der Waals surface area contributed by atoms with E-state index in [2.05, 4.69) is 17.3 Å². The summed E-state index contributed by atoms with van der Waals surface area (Å²) in [6, 6.07) is 0.767. The number of ketones is 1. The second-order valence-corrected chi connectivity index (χ2v) is 6.06. The van der Waals surface area contributed by atoms with Crippen molar-refractivity contribution in [3.05, 3.63) is 0 Å². The summed E-state index contributed by atoms with van der Waals surface area (Å²) in [5, 5.41) is 3.59. The number of hydrogen-bond acceptors (Lipinski definition) is 4. The molecule has 1 amide bonds. The van der Waals surface area contributed by atoms with Crippen LogP contribution in [0.5, 0.6) is 0 Å². The van der Waals surface area contributed by atoms with E-state index in [9.17, 15) is 9.59 Å². The first-order valence-corrected chi connectivity index (χ1v) is 7.87. The van der Waals surface area contributed by atoms with Gasteiger partial charge in [0.25, 0.3) is 5.91 Å². The van der Waals surface area contributed by atoms with Gasteiger partial charge in [-0.3, -0.25) is 9.59 Å². The molecule has 0 aromatic rings. The van der Waals surface area contributed by atoms with E-state index in [1.54, 1.807) is 11.8 Å². The van der Waals surface area contributed by atoms with Crippen LogP contribution in [0, 0.1) is 0 Å². The summed E-state index contributed by atoms with van der Waals surface area (Å²) in [7, 11) is 2.16. The van der Waals surface area contributed by atoms with Gasteiger partial charge >= 0.3 is 0 Å². The second kappa shape index (κ2) is 7.18. The Morgan fingerprint density at radius 2 is 1.85 bits per heavy atom. The molecular formula is C15H27N3O2. The first kappa shape index (κ1) is 15.4. The van der Waals surface area contributed by atoms with E-state index in [0.717, 1.165) is 39.0 Å². The minimum absolute atomic E-state index is 0.206. The van der Waals surface area contributed by atoms with Crippen molar-refractivity contribution >= 4 is 11.7 Å². The van der Waals surface area contributed by atoms with Gasteiger partial charge in [0, 0.05) is 31.6 Å². The number of hydrogen-bond donors (Lipinski definition) is 1. The Morgan fingerprint density at radius 3 is 2.50 bits per heavy atom. The third-order valence-corrected chi connectivity index (χ3v) is 4.56. The molecule has 5 heteroatoms. The van der Waals surface area contributed by atoms with Crippen LogP contribution in [0.25, 0.3) is 0 Å². The Labute approximate surface area is 121 Å². The van der Waals surface area contributed by atoms with Gasteiger partial charge < -0.3 is 15.1 Å². The molecule has 2 aliphatic rings. The molecule has 0 saturated carbocycles. The Bertz CT molecular complexity index is 351. The van der Waals surface area contributed by atoms with Crippen LogP contribution in [0.15, 0.2) is 0 Å². The quantitative estimate of drug-likeness (QED) is 0.752. The molecule has 5 nitrogen and oxygen atoms in total. The molecule has 0 bridgehead atoms. The highest BCUT2D eigenvalue weighted by molar-refractivity contribution is 6.36. The SMILES string of the molecule is CCC(=O)C(=O)N1CCCC1CNC1CCN(C)CC1. The molecule has 1 unspecified atom stereocenters. The second-order valence-electron chi connectivity index (χ2n) is 6.06. The van der Waals surface area contributed by atoms with Crippen molar-refractivity contribution < 1.29 is 9.59 Å². The van der Waals surface area contributed by atoms with Gasteiger partial charge in [-0.25, -0.2) is 0 Å². The molecule has 1 N–H and O–H groups in total. The van der Waals surface area contributed by atoms with Crippen LogP contribution in [0.3, 0.4) is 0 Å². The van der Waals surface area contributed by atoms with Gasteiger partial charge in [-0.15, -0.1) is 0 Å². The average Bonchev–Trinajstić information content (AvgIpc) is 2.93. The summed E-state index contributed by atoms with van der Waals surface area (Å²) in [4.78, 5) is 27.7. The van der Waals surface area contributed by atoms with Crippen molar-refractivity contribution in [2.24, 2.45) is 0 Å². The number of carbonyl (C=O) groups is 2. The highest BCUT2D eigenvalue weighted by Gasteiger charge is 2.31. The Balaban J connectivity index is 1.79. The maximum atomic E-state index is 12.0. The number of amides is 1. The molecule has 2 saturated heterocycles. The molecule has 0 spiro atoms. The zero-order valence-corrected chi connectivity index (χ0v) is 12.7. The summed E-state index contributed by atoms with van der Waals surface area (Å²) in [5.41, 5.74) is 0. The van der Waals surface area contributed by atoms with Crippen molar-refractivity contribution in [2.45, 2.75) is 51.1 Å². The van der Waals surface area contributed by atoms with Crippen LogP contribution >= 0.6 is 0 Å². The molecule has 20 heavy (non-hydrogen) atoms. The van der Waals surface area contributed by atoms with E-state index in [-0.39, 0.29) is 17.7 Å². The molecule has 2 aliphatic heterocycles. The van der Waals surface area contributed by atoms with E-state index < -0.39 is 0 Å². The zero-order valence-electron chi connectivity index (χ0n) is 12.7. The van der Waals surface area contributed by atoms with Crippen LogP contribution in [-0.4, -0.2) is 66.8 Å². The number of rotatable bonds is 5. The molecule has 0 aliphatic carbocycles. The molecule has 0 radical (unpaired) electrons. The lowest BCUT2D eigenvalue weighted by atomic mass is 10.0. The molecule has 2 rings (SSSR count). The lowest BCUT2D eigenvalue weighted by Crippen LogP contribution is -2.48. The highest BCUT2D eigenvalue weighted by atomic mass is 16.2. The fourth-order valence-electron chi connectivity index (χ4n) is 3.14. The van der Waals surface area contributed by atoms with E-state index >= 15 is 0 Å². The Kier molecular flexibility index (Phi) is 5.54. The van der Waals surface area contributed by atoms with E-state index in [1.165, 1.54) is 12.8 Å². The number of carbonyl (C=O) groups excluding carboxylic acids is 2. The van der Waals surface area contributed by atoms with E-state index in [0.29, 0.717) is 12.5 Å². The number of nitrogens with one attached hydrogen (secondary N) is 1. The predicted octanol–water partition coefficient (Wildman–Crippen LogP) is 0.640. The van der Waals surface area contributed by atoms with Crippen LogP contribution in [0.1, 0.15) is 39.0 Å². The Hall–Kier alpha value is -0.940. The molecule has 1 atom stereocenters. The third-order valence-electron chi connectivity index (χ3n) is 4.56. The summed E-state index contributed by atoms with van der Waals surface area (Å²) < 4.78 is 0.